The molecule has 2 rings (SSSR count). The lowest BCUT2D eigenvalue weighted by atomic mass is 10.2. The molecule has 16 heavy (non-hydrogen) atoms. The fourth-order valence-corrected chi connectivity index (χ4v) is 1.87. The molecule has 84 valence electrons. The maximum atomic E-state index is 13.2. The van der Waals surface area contributed by atoms with E-state index in [4.69, 9.17) is 11.6 Å². The van der Waals surface area contributed by atoms with E-state index in [2.05, 4.69) is 0 Å². The Hall–Kier alpha value is -1.55. The van der Waals surface area contributed by atoms with Crippen molar-refractivity contribution in [2.24, 2.45) is 0 Å². The third-order valence-electron chi connectivity index (χ3n) is 2.41. The van der Waals surface area contributed by atoms with Gasteiger partial charge in [-0.05, 0) is 12.1 Å². The molecular formula is C11H9ClFNO2. The second-order valence-corrected chi connectivity index (χ2v) is 3.77. The highest BCUT2D eigenvalue weighted by molar-refractivity contribution is 6.36. The third-order valence-corrected chi connectivity index (χ3v) is 2.78. The van der Waals surface area contributed by atoms with Gasteiger partial charge < -0.3 is 5.11 Å². The summed E-state index contributed by atoms with van der Waals surface area (Å²) >= 11 is 5.73. The molecule has 0 unspecified atom stereocenters. The Morgan fingerprint density at radius 1 is 1.56 bits per heavy atom. The van der Waals surface area contributed by atoms with Crippen LogP contribution in [0.4, 0.5) is 4.39 Å². The van der Waals surface area contributed by atoms with Crippen molar-refractivity contribution in [1.29, 1.82) is 0 Å². The van der Waals surface area contributed by atoms with Crippen molar-refractivity contribution in [3.05, 3.63) is 29.2 Å². The van der Waals surface area contributed by atoms with E-state index >= 15 is 0 Å². The van der Waals surface area contributed by atoms with Crippen LogP contribution >= 0.6 is 11.6 Å². The van der Waals surface area contributed by atoms with Crippen LogP contribution in [0.1, 0.15) is 18.1 Å². The predicted molar refractivity (Wildman–Crippen MR) is 59.5 cm³/mol. The number of halogens is 2. The Kier molecular flexibility index (Phi) is 2.59. The number of aromatic nitrogens is 1. The standard InChI is InChI=1S/C11H9ClFNO2/c1-2-9(16)14-5-8(15)10-7(14)4-3-6(13)11(10)12/h3-5,15H,2H2,1H3. The van der Waals surface area contributed by atoms with Crippen molar-refractivity contribution in [2.75, 3.05) is 0 Å². The molecule has 1 N–H and O–H groups in total. The molecular weight excluding hydrogens is 233 g/mol. The van der Waals surface area contributed by atoms with Gasteiger partial charge in [0.25, 0.3) is 0 Å². The van der Waals surface area contributed by atoms with Gasteiger partial charge in [-0.15, -0.1) is 0 Å². The van der Waals surface area contributed by atoms with E-state index in [1.54, 1.807) is 6.92 Å². The number of rotatable bonds is 1. The van der Waals surface area contributed by atoms with Crippen molar-refractivity contribution in [1.82, 2.24) is 4.57 Å². The van der Waals surface area contributed by atoms with Crippen LogP contribution in [0.5, 0.6) is 5.75 Å². The first-order chi connectivity index (χ1) is 7.56. The molecule has 2 aromatic rings. The number of carbonyl (C=O) groups excluding carboxylic acids is 1. The number of hydrogen-bond acceptors (Lipinski definition) is 2. The van der Waals surface area contributed by atoms with Gasteiger partial charge >= 0.3 is 0 Å². The Balaban J connectivity index is 2.82. The third kappa shape index (κ3) is 1.46. The monoisotopic (exact) mass is 241 g/mol. The zero-order chi connectivity index (χ0) is 11.9. The molecule has 0 atom stereocenters. The summed E-state index contributed by atoms with van der Waals surface area (Å²) in [7, 11) is 0. The molecule has 0 fully saturated rings. The van der Waals surface area contributed by atoms with Gasteiger partial charge in [0, 0.05) is 6.42 Å². The largest absolute Gasteiger partial charge is 0.506 e. The smallest absolute Gasteiger partial charge is 0.230 e. The summed E-state index contributed by atoms with van der Waals surface area (Å²) in [5.74, 6) is -1.000. The van der Waals surface area contributed by atoms with E-state index in [-0.39, 0.29) is 28.5 Å². The minimum Gasteiger partial charge on any atom is -0.506 e. The van der Waals surface area contributed by atoms with E-state index in [1.807, 2.05) is 0 Å². The molecule has 0 aliphatic heterocycles. The van der Waals surface area contributed by atoms with Gasteiger partial charge in [-0.25, -0.2) is 4.39 Å². The lowest BCUT2D eigenvalue weighted by Crippen LogP contribution is -2.06. The molecule has 0 aliphatic rings. The van der Waals surface area contributed by atoms with E-state index in [0.29, 0.717) is 5.52 Å². The molecule has 3 nitrogen and oxygen atoms in total. The number of benzene rings is 1. The number of aromatic hydroxyl groups is 1. The minimum absolute atomic E-state index is 0.169. The van der Waals surface area contributed by atoms with Crippen LogP contribution in [0.25, 0.3) is 10.9 Å². The summed E-state index contributed by atoms with van der Waals surface area (Å²) in [4.78, 5) is 11.6. The van der Waals surface area contributed by atoms with Crippen LogP contribution in [0.15, 0.2) is 18.3 Å². The maximum Gasteiger partial charge on any atom is 0.230 e. The lowest BCUT2D eigenvalue weighted by molar-refractivity contribution is 0.0913. The fraction of sp³-hybridized carbons (Fsp3) is 0.182. The molecule has 0 aliphatic carbocycles. The Morgan fingerprint density at radius 3 is 2.88 bits per heavy atom. The second-order valence-electron chi connectivity index (χ2n) is 3.39. The average molecular weight is 242 g/mol. The zero-order valence-electron chi connectivity index (χ0n) is 8.50. The van der Waals surface area contributed by atoms with Crippen molar-refractivity contribution in [3.63, 3.8) is 0 Å². The summed E-state index contributed by atoms with van der Waals surface area (Å²) < 4.78 is 14.5. The van der Waals surface area contributed by atoms with Crippen LogP contribution in [-0.4, -0.2) is 15.6 Å². The van der Waals surface area contributed by atoms with Gasteiger partial charge in [-0.1, -0.05) is 18.5 Å². The molecule has 0 saturated carbocycles. The molecule has 0 amide bonds. The average Bonchev–Trinajstić information content (AvgIpc) is 2.61. The first-order valence-corrected chi connectivity index (χ1v) is 5.15. The first-order valence-electron chi connectivity index (χ1n) is 4.77. The van der Waals surface area contributed by atoms with Gasteiger partial charge in [-0.2, -0.15) is 0 Å². The number of carbonyl (C=O) groups is 1. The van der Waals surface area contributed by atoms with Gasteiger partial charge in [0.1, 0.15) is 11.6 Å². The number of fused-ring (bicyclic) bond motifs is 1. The van der Waals surface area contributed by atoms with Crippen molar-refractivity contribution in [3.8, 4) is 5.75 Å². The predicted octanol–water partition coefficient (Wildman–Crippen LogP) is 3.19. The van der Waals surface area contributed by atoms with E-state index in [9.17, 15) is 14.3 Å². The van der Waals surface area contributed by atoms with E-state index in [0.717, 1.165) is 0 Å². The van der Waals surface area contributed by atoms with Gasteiger partial charge in [-0.3, -0.25) is 9.36 Å². The van der Waals surface area contributed by atoms with Crippen LogP contribution in [0.2, 0.25) is 5.02 Å². The van der Waals surface area contributed by atoms with Crippen LogP contribution in [0.3, 0.4) is 0 Å². The second kappa shape index (κ2) is 3.79. The van der Waals surface area contributed by atoms with E-state index < -0.39 is 5.82 Å². The Morgan fingerprint density at radius 2 is 2.25 bits per heavy atom. The molecule has 0 spiro atoms. The van der Waals surface area contributed by atoms with Crippen LogP contribution in [0, 0.1) is 5.82 Å². The Bertz CT molecular complexity index is 577. The molecule has 1 aromatic carbocycles. The van der Waals surface area contributed by atoms with E-state index in [1.165, 1.54) is 22.9 Å². The first kappa shape index (κ1) is 11.0. The summed E-state index contributed by atoms with van der Waals surface area (Å²) in [6.45, 7) is 1.70. The highest BCUT2D eigenvalue weighted by Crippen LogP contribution is 2.34. The van der Waals surface area contributed by atoms with Crippen LogP contribution < -0.4 is 0 Å². The quantitative estimate of drug-likeness (QED) is 0.833. The Labute approximate surface area is 96.1 Å². The van der Waals surface area contributed by atoms with Crippen molar-refractivity contribution < 1.29 is 14.3 Å². The highest BCUT2D eigenvalue weighted by atomic mass is 35.5. The summed E-state index contributed by atoms with van der Waals surface area (Å²) in [5, 5.41) is 9.62. The van der Waals surface area contributed by atoms with Crippen molar-refractivity contribution >= 4 is 28.4 Å². The molecule has 0 bridgehead atoms. The lowest BCUT2D eigenvalue weighted by Gasteiger charge is -2.01. The normalized spacial score (nSPS) is 10.9. The molecule has 0 radical (unpaired) electrons. The number of hydrogen-bond donors (Lipinski definition) is 1. The highest BCUT2D eigenvalue weighted by Gasteiger charge is 2.16. The molecule has 1 heterocycles. The van der Waals surface area contributed by atoms with Gasteiger partial charge in [0.05, 0.1) is 22.1 Å². The summed E-state index contributed by atoms with van der Waals surface area (Å²) in [6, 6.07) is 2.59. The van der Waals surface area contributed by atoms with Gasteiger partial charge in [0.15, 0.2) is 0 Å². The topological polar surface area (TPSA) is 42.2 Å². The van der Waals surface area contributed by atoms with Crippen LogP contribution in [-0.2, 0) is 0 Å². The summed E-state index contributed by atoms with van der Waals surface area (Å²) in [5.41, 5.74) is 0.413. The fourth-order valence-electron chi connectivity index (χ4n) is 1.62. The summed E-state index contributed by atoms with van der Waals surface area (Å²) in [6.07, 6.45) is 1.54. The number of nitrogens with zero attached hydrogens (tertiary/aromatic N) is 1. The molecule has 5 heteroatoms. The molecule has 1 aromatic heterocycles. The SMILES string of the molecule is CCC(=O)n1cc(O)c2c(Cl)c(F)ccc21. The van der Waals surface area contributed by atoms with Gasteiger partial charge in [0.2, 0.25) is 5.91 Å². The molecule has 0 saturated heterocycles. The zero-order valence-corrected chi connectivity index (χ0v) is 9.25. The maximum absolute atomic E-state index is 13.2. The van der Waals surface area contributed by atoms with Crippen molar-refractivity contribution in [2.45, 2.75) is 13.3 Å². The minimum atomic E-state index is -0.619.